The van der Waals surface area contributed by atoms with E-state index >= 15 is 0 Å². The summed E-state index contributed by atoms with van der Waals surface area (Å²) in [4.78, 5) is 2.14. The first-order valence-corrected chi connectivity index (χ1v) is 10.4. The fraction of sp³-hybridized carbons (Fsp3) is 0.440. The summed E-state index contributed by atoms with van der Waals surface area (Å²) in [5.41, 5.74) is 5.79. The van der Waals surface area contributed by atoms with E-state index < -0.39 is 0 Å². The van der Waals surface area contributed by atoms with Crippen LogP contribution in [0.25, 0.3) is 11.1 Å². The van der Waals surface area contributed by atoms with Crippen LogP contribution in [0.4, 0.5) is 0 Å². The zero-order chi connectivity index (χ0) is 19.1. The molecule has 0 aliphatic heterocycles. The van der Waals surface area contributed by atoms with Crippen LogP contribution in [0.5, 0.6) is 5.75 Å². The predicted octanol–water partition coefficient (Wildman–Crippen LogP) is 6.14. The Bertz CT molecular complexity index is 725. The molecule has 0 radical (unpaired) electrons. The molecule has 0 atom stereocenters. The number of rotatable bonds is 8. The van der Waals surface area contributed by atoms with Gasteiger partial charge in [-0.3, -0.25) is 0 Å². The van der Waals surface area contributed by atoms with Crippen LogP contribution >= 0.6 is 0 Å². The van der Waals surface area contributed by atoms with Gasteiger partial charge in [-0.25, -0.2) is 0 Å². The van der Waals surface area contributed by atoms with Crippen molar-refractivity contribution < 1.29 is 4.74 Å². The average Bonchev–Trinajstić information content (AvgIpc) is 3.21. The number of nitrogens with zero attached hydrogens (tertiary/aromatic N) is 1. The Kier molecular flexibility index (Phi) is 7.11. The first-order valence-electron chi connectivity index (χ1n) is 10.4. The van der Waals surface area contributed by atoms with Gasteiger partial charge in [-0.15, -0.1) is 0 Å². The van der Waals surface area contributed by atoms with Crippen LogP contribution in [-0.2, 0) is 0 Å². The van der Waals surface area contributed by atoms with Crippen molar-refractivity contribution in [3.63, 3.8) is 0 Å². The highest BCUT2D eigenvalue weighted by atomic mass is 16.5. The van der Waals surface area contributed by atoms with E-state index in [9.17, 15) is 0 Å². The highest BCUT2D eigenvalue weighted by molar-refractivity contribution is 5.91. The molecular formula is C25H33NO. The van der Waals surface area contributed by atoms with Gasteiger partial charge in [0, 0.05) is 6.54 Å². The quantitative estimate of drug-likeness (QED) is 0.522. The molecule has 3 rings (SSSR count). The van der Waals surface area contributed by atoms with Gasteiger partial charge in [0.1, 0.15) is 12.4 Å². The molecule has 0 saturated heterocycles. The molecule has 0 unspecified atom stereocenters. The third-order valence-electron chi connectivity index (χ3n) is 5.54. The van der Waals surface area contributed by atoms with Gasteiger partial charge >= 0.3 is 0 Å². The van der Waals surface area contributed by atoms with Gasteiger partial charge in [0.25, 0.3) is 0 Å². The Balaban J connectivity index is 1.90. The third kappa shape index (κ3) is 5.23. The molecule has 2 heteroatoms. The van der Waals surface area contributed by atoms with Gasteiger partial charge in [0.05, 0.1) is 0 Å². The molecule has 1 fully saturated rings. The monoisotopic (exact) mass is 363 g/mol. The van der Waals surface area contributed by atoms with E-state index in [4.69, 9.17) is 4.74 Å². The standard InChI is InChI=1S/C25H33NO/c1-4-24(20-10-6-5-7-11-20)25(21-12-8-9-13-21)22-14-16-23(17-15-22)27-19-18-26(2)3/h5-7,10-11,14-17,21H,4,8-9,12-13,18-19H2,1-3H3/b25-24-. The van der Waals surface area contributed by atoms with E-state index in [0.717, 1.165) is 25.3 Å². The minimum atomic E-state index is 0.681. The molecule has 1 aliphatic rings. The minimum Gasteiger partial charge on any atom is -0.492 e. The highest BCUT2D eigenvalue weighted by Crippen LogP contribution is 2.42. The lowest BCUT2D eigenvalue weighted by Crippen LogP contribution is -2.19. The molecule has 0 aromatic heterocycles. The SMILES string of the molecule is CC/C(=C(/c1ccc(OCCN(C)C)cc1)C1CCCC1)c1ccccc1. The fourth-order valence-electron chi connectivity index (χ4n) is 4.14. The van der Waals surface area contributed by atoms with Gasteiger partial charge < -0.3 is 9.64 Å². The van der Waals surface area contributed by atoms with Gasteiger partial charge in [0.15, 0.2) is 0 Å². The van der Waals surface area contributed by atoms with Gasteiger partial charge in [-0.05, 0) is 73.7 Å². The maximum Gasteiger partial charge on any atom is 0.119 e. The van der Waals surface area contributed by atoms with Crippen molar-refractivity contribution in [3.05, 3.63) is 65.7 Å². The van der Waals surface area contributed by atoms with Crippen molar-refractivity contribution in [1.82, 2.24) is 4.90 Å². The normalized spacial score (nSPS) is 15.9. The van der Waals surface area contributed by atoms with Crippen LogP contribution in [0.1, 0.15) is 50.2 Å². The molecular weight excluding hydrogens is 330 g/mol. The summed E-state index contributed by atoms with van der Waals surface area (Å²) >= 11 is 0. The summed E-state index contributed by atoms with van der Waals surface area (Å²) in [7, 11) is 4.14. The van der Waals surface area contributed by atoms with Crippen LogP contribution in [0, 0.1) is 5.92 Å². The molecule has 0 amide bonds. The lowest BCUT2D eigenvalue weighted by Gasteiger charge is -2.21. The molecule has 1 aliphatic carbocycles. The molecule has 2 aromatic rings. The van der Waals surface area contributed by atoms with E-state index in [1.807, 2.05) is 0 Å². The summed E-state index contributed by atoms with van der Waals surface area (Å²) in [5.74, 6) is 1.64. The molecule has 0 heterocycles. The zero-order valence-electron chi connectivity index (χ0n) is 17.1. The number of likely N-dealkylation sites (N-methyl/N-ethyl adjacent to an activating group) is 1. The highest BCUT2D eigenvalue weighted by Gasteiger charge is 2.23. The van der Waals surface area contributed by atoms with Crippen LogP contribution in [-0.4, -0.2) is 32.1 Å². The van der Waals surface area contributed by atoms with Crippen molar-refractivity contribution in [2.45, 2.75) is 39.0 Å². The lowest BCUT2D eigenvalue weighted by molar-refractivity contribution is 0.261. The van der Waals surface area contributed by atoms with Crippen molar-refractivity contribution in [1.29, 1.82) is 0 Å². The van der Waals surface area contributed by atoms with Gasteiger partial charge in [-0.2, -0.15) is 0 Å². The molecule has 0 N–H and O–H groups in total. The van der Waals surface area contributed by atoms with E-state index in [1.165, 1.54) is 42.4 Å². The van der Waals surface area contributed by atoms with Crippen molar-refractivity contribution in [2.24, 2.45) is 5.92 Å². The van der Waals surface area contributed by atoms with Crippen LogP contribution in [0.3, 0.4) is 0 Å². The Morgan fingerprint density at radius 2 is 1.59 bits per heavy atom. The van der Waals surface area contributed by atoms with Crippen molar-refractivity contribution in [2.75, 3.05) is 27.2 Å². The Labute approximate surface area is 164 Å². The minimum absolute atomic E-state index is 0.681. The summed E-state index contributed by atoms with van der Waals surface area (Å²) in [5, 5.41) is 0. The van der Waals surface area contributed by atoms with Gasteiger partial charge in [-0.1, -0.05) is 62.2 Å². The average molecular weight is 364 g/mol. The van der Waals surface area contributed by atoms with Crippen LogP contribution in [0.2, 0.25) is 0 Å². The maximum atomic E-state index is 5.89. The number of hydrogen-bond acceptors (Lipinski definition) is 2. The van der Waals surface area contributed by atoms with Crippen LogP contribution in [0.15, 0.2) is 54.6 Å². The number of benzene rings is 2. The van der Waals surface area contributed by atoms with E-state index in [1.54, 1.807) is 5.57 Å². The molecule has 144 valence electrons. The predicted molar refractivity (Wildman–Crippen MR) is 116 cm³/mol. The maximum absolute atomic E-state index is 5.89. The Morgan fingerprint density at radius 1 is 0.926 bits per heavy atom. The smallest absolute Gasteiger partial charge is 0.119 e. The summed E-state index contributed by atoms with van der Waals surface area (Å²) in [6.07, 6.45) is 6.40. The molecule has 0 spiro atoms. The first-order chi connectivity index (χ1) is 13.2. The molecule has 0 bridgehead atoms. The molecule has 2 nitrogen and oxygen atoms in total. The van der Waals surface area contributed by atoms with Gasteiger partial charge in [0.2, 0.25) is 0 Å². The van der Waals surface area contributed by atoms with E-state index in [-0.39, 0.29) is 0 Å². The fourth-order valence-corrected chi connectivity index (χ4v) is 4.14. The topological polar surface area (TPSA) is 12.5 Å². The largest absolute Gasteiger partial charge is 0.492 e. The second-order valence-electron chi connectivity index (χ2n) is 7.77. The summed E-state index contributed by atoms with van der Waals surface area (Å²) in [6.45, 7) is 3.95. The number of hydrogen-bond donors (Lipinski definition) is 0. The molecule has 2 aromatic carbocycles. The third-order valence-corrected chi connectivity index (χ3v) is 5.54. The number of ether oxygens (including phenoxy) is 1. The Hall–Kier alpha value is -2.06. The zero-order valence-corrected chi connectivity index (χ0v) is 17.1. The second kappa shape index (κ2) is 9.75. The number of allylic oxidation sites excluding steroid dienone is 2. The van der Waals surface area contributed by atoms with Crippen molar-refractivity contribution in [3.8, 4) is 5.75 Å². The summed E-state index contributed by atoms with van der Waals surface area (Å²) < 4.78 is 5.89. The second-order valence-corrected chi connectivity index (χ2v) is 7.77. The molecule has 27 heavy (non-hydrogen) atoms. The lowest BCUT2D eigenvalue weighted by atomic mass is 9.83. The summed E-state index contributed by atoms with van der Waals surface area (Å²) in [6, 6.07) is 19.7. The van der Waals surface area contributed by atoms with Crippen molar-refractivity contribution >= 4 is 11.1 Å². The molecule has 1 saturated carbocycles. The Morgan fingerprint density at radius 3 is 2.19 bits per heavy atom. The van der Waals surface area contributed by atoms with E-state index in [0.29, 0.717) is 5.92 Å². The van der Waals surface area contributed by atoms with E-state index in [2.05, 4.69) is 80.5 Å². The first kappa shape index (κ1) is 19.7. The van der Waals surface area contributed by atoms with Crippen LogP contribution < -0.4 is 4.74 Å².